The Morgan fingerprint density at radius 3 is 2.06 bits per heavy atom. The van der Waals surface area contributed by atoms with E-state index in [0.29, 0.717) is 0 Å². The van der Waals surface area contributed by atoms with Gasteiger partial charge in [0.2, 0.25) is 0 Å². The second-order valence-electron chi connectivity index (χ2n) is 9.68. The van der Waals surface area contributed by atoms with Crippen LogP contribution in [0.15, 0.2) is 83.3 Å². The lowest BCUT2D eigenvalue weighted by molar-refractivity contribution is 0.00578. The zero-order valence-corrected chi connectivity index (χ0v) is 18.8. The summed E-state index contributed by atoms with van der Waals surface area (Å²) < 4.78 is 18.6. The summed E-state index contributed by atoms with van der Waals surface area (Å²) >= 11 is 0. The van der Waals surface area contributed by atoms with Crippen molar-refractivity contribution in [3.05, 3.63) is 78.9 Å². The number of furan rings is 1. The Hall–Kier alpha value is -3.08. The molecule has 1 aliphatic heterocycles. The molecule has 4 aromatic carbocycles. The second kappa shape index (κ2) is 6.71. The molecule has 1 fully saturated rings. The van der Waals surface area contributed by atoms with Crippen molar-refractivity contribution in [2.75, 3.05) is 0 Å². The minimum absolute atomic E-state index is 0.340. The lowest BCUT2D eigenvalue weighted by Gasteiger charge is -2.32. The zero-order valence-electron chi connectivity index (χ0n) is 18.8. The highest BCUT2D eigenvalue weighted by Crippen LogP contribution is 2.38. The largest absolute Gasteiger partial charge is 0.494 e. The van der Waals surface area contributed by atoms with Crippen LogP contribution in [-0.4, -0.2) is 18.3 Å². The first kappa shape index (κ1) is 19.6. The van der Waals surface area contributed by atoms with Crippen molar-refractivity contribution in [3.8, 4) is 11.1 Å². The van der Waals surface area contributed by atoms with Gasteiger partial charge in [0.25, 0.3) is 0 Å². The molecule has 0 amide bonds. The van der Waals surface area contributed by atoms with Crippen LogP contribution in [0.4, 0.5) is 0 Å². The number of benzene rings is 4. The summed E-state index contributed by atoms with van der Waals surface area (Å²) in [6.45, 7) is 8.31. The van der Waals surface area contributed by atoms with Gasteiger partial charge < -0.3 is 13.7 Å². The minimum Gasteiger partial charge on any atom is -0.456 e. The van der Waals surface area contributed by atoms with E-state index in [1.54, 1.807) is 0 Å². The molecule has 3 nitrogen and oxygen atoms in total. The van der Waals surface area contributed by atoms with Crippen LogP contribution in [0.3, 0.4) is 0 Å². The van der Waals surface area contributed by atoms with Crippen molar-refractivity contribution in [1.29, 1.82) is 0 Å². The first-order valence-electron chi connectivity index (χ1n) is 11.1. The number of hydrogen-bond acceptors (Lipinski definition) is 3. The van der Waals surface area contributed by atoms with Crippen molar-refractivity contribution < 1.29 is 13.7 Å². The first-order chi connectivity index (χ1) is 15.3. The molecule has 1 aromatic heterocycles. The summed E-state index contributed by atoms with van der Waals surface area (Å²) in [5.74, 6) is 0. The Balaban J connectivity index is 1.37. The fraction of sp³-hybridized carbons (Fsp3) is 0.214. The number of hydrogen-bond donors (Lipinski definition) is 0. The number of fused-ring (bicyclic) bond motifs is 5. The van der Waals surface area contributed by atoms with Crippen molar-refractivity contribution in [2.45, 2.75) is 38.9 Å². The maximum Gasteiger partial charge on any atom is 0.494 e. The first-order valence-corrected chi connectivity index (χ1v) is 11.1. The molecule has 5 aromatic rings. The van der Waals surface area contributed by atoms with Crippen molar-refractivity contribution in [3.63, 3.8) is 0 Å². The molecule has 0 spiro atoms. The van der Waals surface area contributed by atoms with Crippen LogP contribution in [0.25, 0.3) is 43.8 Å². The van der Waals surface area contributed by atoms with Crippen LogP contribution >= 0.6 is 0 Å². The van der Waals surface area contributed by atoms with E-state index >= 15 is 0 Å². The molecule has 2 heterocycles. The highest BCUT2D eigenvalue weighted by Gasteiger charge is 2.51. The van der Waals surface area contributed by atoms with Crippen LogP contribution in [0.5, 0.6) is 0 Å². The summed E-state index contributed by atoms with van der Waals surface area (Å²) in [6.07, 6.45) is 0. The van der Waals surface area contributed by atoms with E-state index < -0.39 is 0 Å². The fourth-order valence-electron chi connectivity index (χ4n) is 4.54. The van der Waals surface area contributed by atoms with Gasteiger partial charge in [-0.25, -0.2) is 0 Å². The van der Waals surface area contributed by atoms with Gasteiger partial charge in [0.05, 0.1) is 11.2 Å². The smallest absolute Gasteiger partial charge is 0.456 e. The van der Waals surface area contributed by atoms with Gasteiger partial charge >= 0.3 is 7.12 Å². The predicted octanol–water partition coefficient (Wildman–Crippen LogP) is 6.71. The predicted molar refractivity (Wildman–Crippen MR) is 132 cm³/mol. The Labute approximate surface area is 188 Å². The lowest BCUT2D eigenvalue weighted by atomic mass is 9.78. The van der Waals surface area contributed by atoms with Crippen molar-refractivity contribution in [2.24, 2.45) is 0 Å². The van der Waals surface area contributed by atoms with E-state index in [2.05, 4.69) is 107 Å². The Morgan fingerprint density at radius 1 is 0.625 bits per heavy atom. The molecule has 0 N–H and O–H groups in total. The standard InChI is InChI=1S/C28H25BO3/c1-27(2)28(3,4)32-29(31-27)21-13-9-18(10-14-21)20-11-15-23-25(17-20)30-24-16-12-19-7-5-6-8-22(19)26(23)24/h5-17H,1-4H3. The molecule has 0 saturated carbocycles. The Morgan fingerprint density at radius 2 is 1.31 bits per heavy atom. The van der Waals surface area contributed by atoms with Crippen LogP contribution in [0.1, 0.15) is 27.7 Å². The Kier molecular flexibility index (Phi) is 4.11. The van der Waals surface area contributed by atoms with Crippen LogP contribution in [0.2, 0.25) is 0 Å². The quantitative estimate of drug-likeness (QED) is 0.298. The normalized spacial score (nSPS) is 17.6. The molecule has 4 heteroatoms. The fourth-order valence-corrected chi connectivity index (χ4v) is 4.54. The van der Waals surface area contributed by atoms with Gasteiger partial charge in [0, 0.05) is 10.8 Å². The molecule has 32 heavy (non-hydrogen) atoms. The highest BCUT2D eigenvalue weighted by molar-refractivity contribution is 6.62. The maximum absolute atomic E-state index is 6.23. The Bertz CT molecular complexity index is 1460. The average Bonchev–Trinajstić information content (AvgIpc) is 3.26. The molecule has 0 radical (unpaired) electrons. The van der Waals surface area contributed by atoms with Gasteiger partial charge in [-0.3, -0.25) is 0 Å². The summed E-state index contributed by atoms with van der Waals surface area (Å²) in [5, 5.41) is 4.78. The molecule has 6 rings (SSSR count). The maximum atomic E-state index is 6.23. The van der Waals surface area contributed by atoms with E-state index in [9.17, 15) is 0 Å². The molecular formula is C28H25BO3. The third-order valence-electron chi connectivity index (χ3n) is 7.13. The van der Waals surface area contributed by atoms with Crippen molar-refractivity contribution in [1.82, 2.24) is 0 Å². The SMILES string of the molecule is CC1(C)OB(c2ccc(-c3ccc4c(c3)oc3ccc5ccccc5c34)cc2)OC1(C)C. The average molecular weight is 420 g/mol. The van der Waals surface area contributed by atoms with Gasteiger partial charge in [0.1, 0.15) is 11.2 Å². The molecule has 0 atom stereocenters. The minimum atomic E-state index is -0.347. The lowest BCUT2D eigenvalue weighted by Crippen LogP contribution is -2.41. The third kappa shape index (κ3) is 2.91. The molecule has 0 bridgehead atoms. The van der Waals surface area contributed by atoms with E-state index in [1.807, 2.05) is 0 Å². The summed E-state index contributed by atoms with van der Waals surface area (Å²) in [6, 6.07) is 27.5. The van der Waals surface area contributed by atoms with Crippen molar-refractivity contribution >= 4 is 45.3 Å². The van der Waals surface area contributed by atoms with Gasteiger partial charge in [-0.05, 0) is 73.3 Å². The van der Waals surface area contributed by atoms with E-state index in [0.717, 1.165) is 33.1 Å². The third-order valence-corrected chi connectivity index (χ3v) is 7.13. The molecule has 0 unspecified atom stereocenters. The van der Waals surface area contributed by atoms with E-state index in [1.165, 1.54) is 16.2 Å². The molecule has 1 aliphatic rings. The topological polar surface area (TPSA) is 31.6 Å². The molecule has 0 aliphatic carbocycles. The van der Waals surface area contributed by atoms with E-state index in [4.69, 9.17) is 13.7 Å². The summed E-state index contributed by atoms with van der Waals surface area (Å²) in [7, 11) is -0.347. The van der Waals surface area contributed by atoms with E-state index in [-0.39, 0.29) is 18.3 Å². The zero-order chi connectivity index (χ0) is 22.1. The van der Waals surface area contributed by atoms with Crippen LogP contribution in [-0.2, 0) is 9.31 Å². The van der Waals surface area contributed by atoms with Gasteiger partial charge in [-0.15, -0.1) is 0 Å². The van der Waals surface area contributed by atoms with Crippen LogP contribution < -0.4 is 5.46 Å². The number of rotatable bonds is 2. The van der Waals surface area contributed by atoms with Gasteiger partial charge in [-0.2, -0.15) is 0 Å². The highest BCUT2D eigenvalue weighted by atomic mass is 16.7. The monoisotopic (exact) mass is 420 g/mol. The van der Waals surface area contributed by atoms with Crippen LogP contribution in [0, 0.1) is 0 Å². The summed E-state index contributed by atoms with van der Waals surface area (Å²) in [5.41, 5.74) is 4.44. The summed E-state index contributed by atoms with van der Waals surface area (Å²) in [4.78, 5) is 0. The van der Waals surface area contributed by atoms with Gasteiger partial charge in [0.15, 0.2) is 0 Å². The van der Waals surface area contributed by atoms with Gasteiger partial charge in [-0.1, -0.05) is 60.7 Å². The molecule has 158 valence electrons. The molecular weight excluding hydrogens is 395 g/mol. The second-order valence-corrected chi connectivity index (χ2v) is 9.68. The molecule has 1 saturated heterocycles.